The number of nitrogens with one attached hydrogen (secondary N) is 1. The SMILES string of the molecule is O=C(NN=CC=Cc1ccccc1)c1cc(-c2ccccc2)nc2ccccc12. The fourth-order valence-corrected chi connectivity index (χ4v) is 3.04. The van der Waals surface area contributed by atoms with Crippen LogP contribution in [0.25, 0.3) is 28.2 Å². The Balaban J connectivity index is 1.58. The van der Waals surface area contributed by atoms with Gasteiger partial charge in [0.05, 0.1) is 16.8 Å². The number of rotatable bonds is 5. The predicted molar refractivity (Wildman–Crippen MR) is 119 cm³/mol. The minimum absolute atomic E-state index is 0.273. The molecule has 1 aromatic heterocycles. The van der Waals surface area contributed by atoms with Crippen LogP contribution in [0.1, 0.15) is 15.9 Å². The largest absolute Gasteiger partial charge is 0.272 e. The number of carbonyl (C=O) groups excluding carboxylic acids is 1. The first-order chi connectivity index (χ1) is 14.3. The third kappa shape index (κ3) is 4.45. The van der Waals surface area contributed by atoms with Crippen molar-refractivity contribution in [2.24, 2.45) is 5.10 Å². The molecule has 0 spiro atoms. The molecule has 0 saturated heterocycles. The van der Waals surface area contributed by atoms with Crippen molar-refractivity contribution in [2.75, 3.05) is 0 Å². The van der Waals surface area contributed by atoms with Crippen LogP contribution in [0.3, 0.4) is 0 Å². The fourth-order valence-electron chi connectivity index (χ4n) is 3.04. The second-order valence-electron chi connectivity index (χ2n) is 6.43. The first-order valence-electron chi connectivity index (χ1n) is 9.31. The monoisotopic (exact) mass is 377 g/mol. The van der Waals surface area contributed by atoms with Crippen molar-refractivity contribution in [2.45, 2.75) is 0 Å². The van der Waals surface area contributed by atoms with Gasteiger partial charge in [0, 0.05) is 17.2 Å². The number of hydrogen-bond donors (Lipinski definition) is 1. The number of benzene rings is 3. The number of hydrogen-bond acceptors (Lipinski definition) is 3. The molecule has 0 radical (unpaired) electrons. The molecule has 1 amide bonds. The zero-order valence-corrected chi connectivity index (χ0v) is 15.7. The number of nitrogens with zero attached hydrogens (tertiary/aromatic N) is 2. The molecule has 0 saturated carbocycles. The summed E-state index contributed by atoms with van der Waals surface area (Å²) in [5, 5.41) is 4.83. The van der Waals surface area contributed by atoms with Crippen LogP contribution >= 0.6 is 0 Å². The van der Waals surface area contributed by atoms with E-state index in [-0.39, 0.29) is 5.91 Å². The number of para-hydroxylation sites is 1. The molecule has 4 heteroatoms. The number of allylic oxidation sites excluding steroid dienone is 1. The normalized spacial score (nSPS) is 11.3. The standard InChI is InChI=1S/C25H19N3O/c29-25(28-26-17-9-12-19-10-3-1-4-11-19)22-18-24(20-13-5-2-6-14-20)27-23-16-8-7-15-21(22)23/h1-18H,(H,28,29). The molecule has 0 bridgehead atoms. The highest BCUT2D eigenvalue weighted by atomic mass is 16.2. The Morgan fingerprint density at radius 1 is 0.862 bits per heavy atom. The van der Waals surface area contributed by atoms with E-state index in [0.717, 1.165) is 27.7 Å². The third-order valence-electron chi connectivity index (χ3n) is 4.45. The predicted octanol–water partition coefficient (Wildman–Crippen LogP) is 5.33. The van der Waals surface area contributed by atoms with Gasteiger partial charge in [-0.2, -0.15) is 5.10 Å². The Morgan fingerprint density at radius 2 is 1.55 bits per heavy atom. The first kappa shape index (κ1) is 18.3. The summed E-state index contributed by atoms with van der Waals surface area (Å²) in [6, 6.07) is 29.1. The summed E-state index contributed by atoms with van der Waals surface area (Å²) < 4.78 is 0. The molecule has 4 rings (SSSR count). The molecule has 0 aliphatic carbocycles. The van der Waals surface area contributed by atoms with E-state index in [9.17, 15) is 4.79 Å². The van der Waals surface area contributed by atoms with Crippen LogP contribution in [0.5, 0.6) is 0 Å². The van der Waals surface area contributed by atoms with Crippen LogP contribution in [0.2, 0.25) is 0 Å². The van der Waals surface area contributed by atoms with Gasteiger partial charge in [-0.3, -0.25) is 4.79 Å². The van der Waals surface area contributed by atoms with Gasteiger partial charge < -0.3 is 0 Å². The van der Waals surface area contributed by atoms with Gasteiger partial charge in [-0.25, -0.2) is 10.4 Å². The highest BCUT2D eigenvalue weighted by molar-refractivity contribution is 6.07. The Morgan fingerprint density at radius 3 is 2.34 bits per heavy atom. The van der Waals surface area contributed by atoms with Gasteiger partial charge in [-0.05, 0) is 23.8 Å². The highest BCUT2D eigenvalue weighted by Crippen LogP contribution is 2.24. The number of fused-ring (bicyclic) bond motifs is 1. The highest BCUT2D eigenvalue weighted by Gasteiger charge is 2.13. The smallest absolute Gasteiger partial charge is 0.267 e. The number of pyridine rings is 1. The van der Waals surface area contributed by atoms with Gasteiger partial charge in [0.25, 0.3) is 5.91 Å². The van der Waals surface area contributed by atoms with Crippen LogP contribution in [-0.4, -0.2) is 17.1 Å². The lowest BCUT2D eigenvalue weighted by Gasteiger charge is -2.08. The second kappa shape index (κ2) is 8.76. The van der Waals surface area contributed by atoms with E-state index in [2.05, 4.69) is 10.5 Å². The number of aromatic nitrogens is 1. The summed E-state index contributed by atoms with van der Waals surface area (Å²) in [4.78, 5) is 17.5. The van der Waals surface area contributed by atoms with E-state index < -0.39 is 0 Å². The van der Waals surface area contributed by atoms with E-state index in [1.54, 1.807) is 12.3 Å². The van der Waals surface area contributed by atoms with Crippen molar-refractivity contribution < 1.29 is 4.79 Å². The van der Waals surface area contributed by atoms with E-state index in [1.807, 2.05) is 97.1 Å². The molecule has 4 aromatic rings. The maximum Gasteiger partial charge on any atom is 0.272 e. The second-order valence-corrected chi connectivity index (χ2v) is 6.43. The number of carbonyl (C=O) groups is 1. The Hall–Kier alpha value is -4.05. The number of amides is 1. The molecule has 0 atom stereocenters. The Kier molecular flexibility index (Phi) is 5.53. The summed E-state index contributed by atoms with van der Waals surface area (Å²) in [7, 11) is 0. The molecule has 140 valence electrons. The van der Waals surface area contributed by atoms with E-state index in [4.69, 9.17) is 4.98 Å². The fraction of sp³-hybridized carbons (Fsp3) is 0. The first-order valence-corrected chi connectivity index (χ1v) is 9.31. The summed E-state index contributed by atoms with van der Waals surface area (Å²) in [6.45, 7) is 0. The van der Waals surface area contributed by atoms with Crippen LogP contribution in [-0.2, 0) is 0 Å². The summed E-state index contributed by atoms with van der Waals surface area (Å²) in [5.74, 6) is -0.273. The van der Waals surface area contributed by atoms with E-state index in [0.29, 0.717) is 5.56 Å². The van der Waals surface area contributed by atoms with Crippen LogP contribution in [0.15, 0.2) is 102 Å². The van der Waals surface area contributed by atoms with Crippen molar-refractivity contribution in [1.82, 2.24) is 10.4 Å². The van der Waals surface area contributed by atoms with Gasteiger partial charge in [0.1, 0.15) is 0 Å². The molecule has 0 unspecified atom stereocenters. The van der Waals surface area contributed by atoms with Gasteiger partial charge in [0.2, 0.25) is 0 Å². The lowest BCUT2D eigenvalue weighted by atomic mass is 10.0. The van der Waals surface area contributed by atoms with E-state index in [1.165, 1.54) is 0 Å². The van der Waals surface area contributed by atoms with E-state index >= 15 is 0 Å². The Bertz CT molecular complexity index is 1180. The summed E-state index contributed by atoms with van der Waals surface area (Å²) in [6.07, 6.45) is 5.27. The molecular weight excluding hydrogens is 358 g/mol. The maximum atomic E-state index is 12.8. The molecule has 1 heterocycles. The zero-order valence-electron chi connectivity index (χ0n) is 15.7. The van der Waals surface area contributed by atoms with Gasteiger partial charge in [-0.1, -0.05) is 84.9 Å². The van der Waals surface area contributed by atoms with Crippen molar-refractivity contribution in [1.29, 1.82) is 0 Å². The average Bonchev–Trinajstić information content (AvgIpc) is 2.79. The molecule has 1 N–H and O–H groups in total. The minimum atomic E-state index is -0.273. The minimum Gasteiger partial charge on any atom is -0.267 e. The van der Waals surface area contributed by atoms with Crippen molar-refractivity contribution >= 4 is 29.1 Å². The quantitative estimate of drug-likeness (QED) is 0.377. The van der Waals surface area contributed by atoms with Gasteiger partial charge in [0.15, 0.2) is 0 Å². The molecule has 0 aliphatic heterocycles. The van der Waals surface area contributed by atoms with Crippen molar-refractivity contribution in [3.63, 3.8) is 0 Å². The molecule has 29 heavy (non-hydrogen) atoms. The summed E-state index contributed by atoms with van der Waals surface area (Å²) >= 11 is 0. The molecule has 0 fully saturated rings. The lowest BCUT2D eigenvalue weighted by molar-refractivity contribution is 0.0957. The van der Waals surface area contributed by atoms with Crippen molar-refractivity contribution in [3.05, 3.63) is 108 Å². The van der Waals surface area contributed by atoms with Crippen molar-refractivity contribution in [3.8, 4) is 11.3 Å². The molecule has 0 aliphatic rings. The molecule has 3 aromatic carbocycles. The molecular formula is C25H19N3O. The van der Waals surface area contributed by atoms with Gasteiger partial charge >= 0.3 is 0 Å². The number of hydrazone groups is 1. The lowest BCUT2D eigenvalue weighted by Crippen LogP contribution is -2.18. The van der Waals surface area contributed by atoms with Crippen LogP contribution in [0.4, 0.5) is 0 Å². The maximum absolute atomic E-state index is 12.8. The zero-order chi connectivity index (χ0) is 19.9. The van der Waals surface area contributed by atoms with Crippen LogP contribution < -0.4 is 5.43 Å². The van der Waals surface area contributed by atoms with Crippen LogP contribution in [0, 0.1) is 0 Å². The van der Waals surface area contributed by atoms with Gasteiger partial charge in [-0.15, -0.1) is 0 Å². The Labute approximate surface area is 169 Å². The third-order valence-corrected chi connectivity index (χ3v) is 4.45. The topological polar surface area (TPSA) is 54.4 Å². The summed E-state index contributed by atoms with van der Waals surface area (Å²) in [5.41, 5.74) is 6.70. The molecule has 4 nitrogen and oxygen atoms in total. The average molecular weight is 377 g/mol.